The summed E-state index contributed by atoms with van der Waals surface area (Å²) in [7, 11) is 0. The van der Waals surface area contributed by atoms with Crippen molar-refractivity contribution in [3.8, 4) is 5.88 Å². The maximum atomic E-state index is 9.75. The minimum absolute atomic E-state index is 0.272. The van der Waals surface area contributed by atoms with Crippen LogP contribution in [0.2, 0.25) is 0 Å². The molecular formula is C15H25N3O2. The van der Waals surface area contributed by atoms with Crippen LogP contribution in [0, 0.1) is 11.8 Å². The smallest absolute Gasteiger partial charge is 0.234 e. The Morgan fingerprint density at radius 1 is 1.40 bits per heavy atom. The minimum Gasteiger partial charge on any atom is -0.476 e. The Kier molecular flexibility index (Phi) is 5.17. The molecule has 5 nitrogen and oxygen atoms in total. The standard InChI is InChI=1S/C15H25N3O2/c1-11(2)10-20-15-8-16-7-14(17-15)18-6-4-5-13(9-18)12(3)19/h7-8,11-13,19H,4-6,9-10H2,1-3H3. The van der Waals surface area contributed by atoms with E-state index >= 15 is 0 Å². The number of aliphatic hydroxyl groups is 1. The number of aliphatic hydroxyl groups excluding tert-OH is 1. The molecule has 5 heteroatoms. The van der Waals surface area contributed by atoms with Crippen molar-refractivity contribution in [1.29, 1.82) is 0 Å². The molecule has 1 aliphatic rings. The van der Waals surface area contributed by atoms with E-state index in [9.17, 15) is 5.11 Å². The summed E-state index contributed by atoms with van der Waals surface area (Å²) >= 11 is 0. The van der Waals surface area contributed by atoms with Crippen LogP contribution in [0.3, 0.4) is 0 Å². The summed E-state index contributed by atoms with van der Waals surface area (Å²) in [4.78, 5) is 10.9. The van der Waals surface area contributed by atoms with Crippen LogP contribution in [-0.2, 0) is 0 Å². The highest BCUT2D eigenvalue weighted by Gasteiger charge is 2.24. The van der Waals surface area contributed by atoms with Crippen molar-refractivity contribution in [2.24, 2.45) is 11.8 Å². The van der Waals surface area contributed by atoms with Crippen LogP contribution in [0.25, 0.3) is 0 Å². The summed E-state index contributed by atoms with van der Waals surface area (Å²) < 4.78 is 5.62. The van der Waals surface area contributed by atoms with Gasteiger partial charge in [0.2, 0.25) is 5.88 Å². The lowest BCUT2D eigenvalue weighted by molar-refractivity contribution is 0.115. The van der Waals surface area contributed by atoms with Gasteiger partial charge in [-0.05, 0) is 25.7 Å². The van der Waals surface area contributed by atoms with Crippen molar-refractivity contribution >= 4 is 5.82 Å². The third kappa shape index (κ3) is 4.07. The maximum Gasteiger partial charge on any atom is 0.234 e. The van der Waals surface area contributed by atoms with Crippen LogP contribution in [0.4, 0.5) is 5.82 Å². The van der Waals surface area contributed by atoms with E-state index in [0.717, 1.165) is 31.7 Å². The first-order valence-corrected chi connectivity index (χ1v) is 7.44. The van der Waals surface area contributed by atoms with Gasteiger partial charge in [-0.1, -0.05) is 13.8 Å². The van der Waals surface area contributed by atoms with Crippen molar-refractivity contribution in [3.63, 3.8) is 0 Å². The van der Waals surface area contributed by atoms with E-state index in [1.807, 2.05) is 6.92 Å². The highest BCUT2D eigenvalue weighted by molar-refractivity contribution is 5.38. The summed E-state index contributed by atoms with van der Waals surface area (Å²) in [6.45, 7) is 8.52. The Morgan fingerprint density at radius 2 is 2.20 bits per heavy atom. The van der Waals surface area contributed by atoms with Crippen LogP contribution < -0.4 is 9.64 Å². The summed E-state index contributed by atoms with van der Waals surface area (Å²) in [6.07, 6.45) is 5.31. The van der Waals surface area contributed by atoms with Crippen LogP contribution >= 0.6 is 0 Å². The predicted molar refractivity (Wildman–Crippen MR) is 79.0 cm³/mol. The SMILES string of the molecule is CC(C)COc1cncc(N2CCCC(C(C)O)C2)n1. The fraction of sp³-hybridized carbons (Fsp3) is 0.733. The number of nitrogens with zero attached hydrogens (tertiary/aromatic N) is 3. The fourth-order valence-electron chi connectivity index (χ4n) is 2.42. The Hall–Kier alpha value is -1.36. The second-order valence-corrected chi connectivity index (χ2v) is 6.01. The minimum atomic E-state index is -0.272. The van der Waals surface area contributed by atoms with E-state index in [0.29, 0.717) is 24.3 Å². The van der Waals surface area contributed by atoms with E-state index in [1.165, 1.54) is 0 Å². The van der Waals surface area contributed by atoms with E-state index in [-0.39, 0.29) is 6.10 Å². The van der Waals surface area contributed by atoms with Crippen molar-refractivity contribution in [1.82, 2.24) is 9.97 Å². The quantitative estimate of drug-likeness (QED) is 0.894. The monoisotopic (exact) mass is 279 g/mol. The van der Waals surface area contributed by atoms with Gasteiger partial charge in [-0.2, -0.15) is 4.98 Å². The third-order valence-electron chi connectivity index (χ3n) is 3.63. The van der Waals surface area contributed by atoms with Gasteiger partial charge in [-0.15, -0.1) is 0 Å². The average Bonchev–Trinajstić information content (AvgIpc) is 2.45. The van der Waals surface area contributed by atoms with Crippen molar-refractivity contribution in [3.05, 3.63) is 12.4 Å². The van der Waals surface area contributed by atoms with Gasteiger partial charge in [0.1, 0.15) is 0 Å². The molecule has 0 saturated carbocycles. The maximum absolute atomic E-state index is 9.75. The number of anilines is 1. The number of rotatable bonds is 5. The zero-order valence-electron chi connectivity index (χ0n) is 12.6. The van der Waals surface area contributed by atoms with Gasteiger partial charge in [0.15, 0.2) is 5.82 Å². The van der Waals surface area contributed by atoms with Crippen molar-refractivity contribution < 1.29 is 9.84 Å². The molecule has 1 aromatic rings. The Labute approximate surface area is 121 Å². The zero-order chi connectivity index (χ0) is 14.5. The molecule has 1 aromatic heterocycles. The molecule has 0 aromatic carbocycles. The molecule has 1 saturated heterocycles. The van der Waals surface area contributed by atoms with Gasteiger partial charge < -0.3 is 14.7 Å². The second kappa shape index (κ2) is 6.88. The molecular weight excluding hydrogens is 254 g/mol. The molecule has 0 bridgehead atoms. The Morgan fingerprint density at radius 3 is 2.90 bits per heavy atom. The molecule has 2 rings (SSSR count). The highest BCUT2D eigenvalue weighted by atomic mass is 16.5. The van der Waals surface area contributed by atoms with Crippen LogP contribution in [-0.4, -0.2) is 40.9 Å². The van der Waals surface area contributed by atoms with Crippen LogP contribution in [0.15, 0.2) is 12.4 Å². The third-order valence-corrected chi connectivity index (χ3v) is 3.63. The van der Waals surface area contributed by atoms with Crippen LogP contribution in [0.1, 0.15) is 33.6 Å². The number of aromatic nitrogens is 2. The predicted octanol–water partition coefficient (Wildman–Crippen LogP) is 2.11. The normalized spacial score (nSPS) is 21.1. The molecule has 1 fully saturated rings. The molecule has 2 atom stereocenters. The summed E-state index contributed by atoms with van der Waals surface area (Å²) in [6, 6.07) is 0. The molecule has 2 heterocycles. The number of piperidine rings is 1. The van der Waals surface area contributed by atoms with Gasteiger partial charge in [-0.25, -0.2) is 0 Å². The Balaban J connectivity index is 2.02. The van der Waals surface area contributed by atoms with Gasteiger partial charge in [0, 0.05) is 19.0 Å². The molecule has 1 N–H and O–H groups in total. The molecule has 0 radical (unpaired) electrons. The highest BCUT2D eigenvalue weighted by Crippen LogP contribution is 2.24. The van der Waals surface area contributed by atoms with E-state index in [4.69, 9.17) is 4.74 Å². The Bertz CT molecular complexity index is 423. The largest absolute Gasteiger partial charge is 0.476 e. The first-order chi connectivity index (χ1) is 9.56. The summed E-state index contributed by atoms with van der Waals surface area (Å²) in [5.74, 6) is 2.20. The second-order valence-electron chi connectivity index (χ2n) is 6.01. The fourth-order valence-corrected chi connectivity index (χ4v) is 2.42. The number of hydrogen-bond donors (Lipinski definition) is 1. The lowest BCUT2D eigenvalue weighted by Gasteiger charge is -2.34. The molecule has 0 aliphatic carbocycles. The van der Waals surface area contributed by atoms with Gasteiger partial charge in [-0.3, -0.25) is 4.98 Å². The topological polar surface area (TPSA) is 58.5 Å². The van der Waals surface area contributed by atoms with E-state index < -0.39 is 0 Å². The van der Waals surface area contributed by atoms with Gasteiger partial charge in [0.05, 0.1) is 25.1 Å². The molecule has 112 valence electrons. The number of hydrogen-bond acceptors (Lipinski definition) is 5. The average molecular weight is 279 g/mol. The molecule has 0 amide bonds. The van der Waals surface area contributed by atoms with Crippen molar-refractivity contribution in [2.45, 2.75) is 39.7 Å². The van der Waals surface area contributed by atoms with Crippen LogP contribution in [0.5, 0.6) is 5.88 Å². The summed E-state index contributed by atoms with van der Waals surface area (Å²) in [5, 5.41) is 9.75. The lowest BCUT2D eigenvalue weighted by Crippen LogP contribution is -2.40. The van der Waals surface area contributed by atoms with Crippen molar-refractivity contribution in [2.75, 3.05) is 24.6 Å². The number of ether oxygens (including phenoxy) is 1. The zero-order valence-corrected chi connectivity index (χ0v) is 12.6. The molecule has 2 unspecified atom stereocenters. The van der Waals surface area contributed by atoms with E-state index in [1.54, 1.807) is 12.4 Å². The van der Waals surface area contributed by atoms with Gasteiger partial charge >= 0.3 is 0 Å². The first-order valence-electron chi connectivity index (χ1n) is 7.44. The van der Waals surface area contributed by atoms with E-state index in [2.05, 4.69) is 28.7 Å². The summed E-state index contributed by atoms with van der Waals surface area (Å²) in [5.41, 5.74) is 0. The van der Waals surface area contributed by atoms with Gasteiger partial charge in [0.25, 0.3) is 0 Å². The lowest BCUT2D eigenvalue weighted by atomic mass is 9.93. The molecule has 0 spiro atoms. The first kappa shape index (κ1) is 15.0. The molecule has 1 aliphatic heterocycles. The molecule has 20 heavy (non-hydrogen) atoms.